The van der Waals surface area contributed by atoms with Crippen molar-refractivity contribution in [2.24, 2.45) is 10.9 Å². The monoisotopic (exact) mass is 562 g/mol. The van der Waals surface area contributed by atoms with Crippen molar-refractivity contribution in [3.8, 4) is 5.75 Å². The zero-order valence-electron chi connectivity index (χ0n) is 19.5. The van der Waals surface area contributed by atoms with E-state index < -0.39 is 0 Å². The molecule has 0 aliphatic carbocycles. The van der Waals surface area contributed by atoms with Gasteiger partial charge in [-0.2, -0.15) is 0 Å². The second kappa shape index (κ2) is 12.8. The fourth-order valence-corrected chi connectivity index (χ4v) is 4.00. The molecule has 2 N–H and O–H groups in total. The van der Waals surface area contributed by atoms with Gasteiger partial charge in [0.25, 0.3) is 0 Å². The maximum atomic E-state index is 6.17. The molecule has 1 unspecified atom stereocenters. The molecule has 2 aromatic carbocycles. The van der Waals surface area contributed by atoms with E-state index in [2.05, 4.69) is 82.1 Å². The minimum absolute atomic E-state index is 0. The summed E-state index contributed by atoms with van der Waals surface area (Å²) in [6, 6.07) is 15.0. The maximum Gasteiger partial charge on any atom is 0.191 e. The van der Waals surface area contributed by atoms with Crippen LogP contribution in [0.2, 0.25) is 0 Å². The predicted octanol–water partition coefficient (Wildman–Crippen LogP) is 4.27. The van der Waals surface area contributed by atoms with Gasteiger partial charge >= 0.3 is 0 Å². The first-order valence-electron chi connectivity index (χ1n) is 11.4. The zero-order valence-corrected chi connectivity index (χ0v) is 21.9. The van der Waals surface area contributed by atoms with E-state index in [4.69, 9.17) is 9.47 Å². The van der Waals surface area contributed by atoms with E-state index in [-0.39, 0.29) is 24.0 Å². The van der Waals surface area contributed by atoms with Gasteiger partial charge in [0.2, 0.25) is 0 Å². The summed E-state index contributed by atoms with van der Waals surface area (Å²) in [5.74, 6) is 2.19. The molecule has 1 saturated heterocycles. The largest absolute Gasteiger partial charge is 0.493 e. The lowest BCUT2D eigenvalue weighted by Gasteiger charge is -2.19. The molecule has 7 heteroatoms. The van der Waals surface area contributed by atoms with Gasteiger partial charge in [0.1, 0.15) is 5.75 Å². The summed E-state index contributed by atoms with van der Waals surface area (Å²) in [6.45, 7) is 7.76. The van der Waals surface area contributed by atoms with Gasteiger partial charge in [0.15, 0.2) is 5.96 Å². The van der Waals surface area contributed by atoms with Crippen molar-refractivity contribution in [3.05, 3.63) is 71.3 Å². The third-order valence-electron chi connectivity index (χ3n) is 5.95. The number of halogens is 1. The van der Waals surface area contributed by atoms with Crippen molar-refractivity contribution < 1.29 is 9.47 Å². The number of hydrogen-bond donors (Lipinski definition) is 2. The number of rotatable bonds is 8. The van der Waals surface area contributed by atoms with Crippen molar-refractivity contribution in [3.63, 3.8) is 0 Å². The lowest BCUT2D eigenvalue weighted by molar-refractivity contribution is 0.166. The Morgan fingerprint density at radius 3 is 2.70 bits per heavy atom. The molecule has 33 heavy (non-hydrogen) atoms. The molecular formula is C26H35IN4O2. The third kappa shape index (κ3) is 7.37. The van der Waals surface area contributed by atoms with Crippen LogP contribution < -0.4 is 20.3 Å². The third-order valence-corrected chi connectivity index (χ3v) is 5.95. The van der Waals surface area contributed by atoms with E-state index in [0.29, 0.717) is 25.6 Å². The van der Waals surface area contributed by atoms with Crippen molar-refractivity contribution >= 4 is 35.6 Å². The van der Waals surface area contributed by atoms with Gasteiger partial charge in [0.05, 0.1) is 13.2 Å². The van der Waals surface area contributed by atoms with Crippen molar-refractivity contribution in [1.82, 2.24) is 10.6 Å². The van der Waals surface area contributed by atoms with E-state index >= 15 is 0 Å². The van der Waals surface area contributed by atoms with Gasteiger partial charge in [-0.1, -0.05) is 36.4 Å². The lowest BCUT2D eigenvalue weighted by atomic mass is 10.1. The summed E-state index contributed by atoms with van der Waals surface area (Å²) >= 11 is 0. The number of hydrogen-bond acceptors (Lipinski definition) is 4. The van der Waals surface area contributed by atoms with E-state index in [1.807, 2.05) is 0 Å². The molecule has 0 bridgehead atoms. The molecule has 0 aromatic heterocycles. The molecule has 2 aromatic rings. The Hall–Kier alpha value is -2.26. The molecule has 1 atom stereocenters. The van der Waals surface area contributed by atoms with Crippen LogP contribution in [0.25, 0.3) is 0 Å². The van der Waals surface area contributed by atoms with Crippen LogP contribution in [-0.4, -0.2) is 45.9 Å². The first-order chi connectivity index (χ1) is 15.7. The molecule has 1 fully saturated rings. The molecule has 0 spiro atoms. The second-order valence-electron chi connectivity index (χ2n) is 8.48. The highest BCUT2D eigenvalue weighted by atomic mass is 127. The Bertz CT molecular complexity index is 949. The minimum atomic E-state index is 0. The van der Waals surface area contributed by atoms with Gasteiger partial charge in [-0.25, -0.2) is 0 Å². The molecule has 0 radical (unpaired) electrons. The van der Waals surface area contributed by atoms with Crippen LogP contribution in [0.1, 0.15) is 23.1 Å². The summed E-state index contributed by atoms with van der Waals surface area (Å²) in [6.07, 6.45) is 5.49. The fourth-order valence-electron chi connectivity index (χ4n) is 4.00. The Morgan fingerprint density at radius 1 is 1.12 bits per heavy atom. The van der Waals surface area contributed by atoms with Gasteiger partial charge in [-0.15, -0.1) is 24.0 Å². The average Bonchev–Trinajstić information content (AvgIpc) is 3.53. The van der Waals surface area contributed by atoms with Crippen LogP contribution in [0.3, 0.4) is 0 Å². The molecule has 2 aliphatic rings. The zero-order chi connectivity index (χ0) is 22.2. The second-order valence-corrected chi connectivity index (χ2v) is 8.48. The average molecular weight is 562 g/mol. The summed E-state index contributed by atoms with van der Waals surface area (Å²) in [4.78, 5) is 6.75. The lowest BCUT2D eigenvalue weighted by Crippen LogP contribution is -2.36. The highest BCUT2D eigenvalue weighted by Crippen LogP contribution is 2.23. The molecule has 4 rings (SSSR count). The first-order valence-corrected chi connectivity index (χ1v) is 11.4. The fraction of sp³-hybridized carbons (Fsp3) is 0.423. The standard InChI is InChI=1S/C26H34N4O2.HI/c1-20-8-9-23(25(14-20)32-19-22-10-13-31-18-22)17-29-26(27-2)28-16-21-6-5-7-24(15-21)30-11-3-4-12-30;/h3-9,14-15,22H,10-13,16-19H2,1-2H3,(H2,27,28,29);1H. The number of aryl methyl sites for hydroxylation is 1. The van der Waals surface area contributed by atoms with Gasteiger partial charge in [-0.3, -0.25) is 4.99 Å². The Kier molecular flexibility index (Phi) is 9.87. The van der Waals surface area contributed by atoms with E-state index in [0.717, 1.165) is 50.0 Å². The summed E-state index contributed by atoms with van der Waals surface area (Å²) in [5.41, 5.74) is 4.81. The Labute approximate surface area is 214 Å². The SMILES string of the molecule is CN=C(NCc1cccc(N2CC=CC2)c1)NCc1ccc(C)cc1OCC1CCOC1.I. The summed E-state index contributed by atoms with van der Waals surface area (Å²) < 4.78 is 11.6. The highest BCUT2D eigenvalue weighted by Gasteiger charge is 2.17. The van der Waals surface area contributed by atoms with Crippen LogP contribution in [-0.2, 0) is 17.8 Å². The van der Waals surface area contributed by atoms with Crippen molar-refractivity contribution in [2.45, 2.75) is 26.4 Å². The number of anilines is 1. The van der Waals surface area contributed by atoms with Gasteiger partial charge < -0.3 is 25.0 Å². The maximum absolute atomic E-state index is 6.17. The highest BCUT2D eigenvalue weighted by molar-refractivity contribution is 14.0. The van der Waals surface area contributed by atoms with E-state index in [1.54, 1.807) is 7.05 Å². The number of nitrogens with one attached hydrogen (secondary N) is 2. The van der Waals surface area contributed by atoms with Gasteiger partial charge in [0, 0.05) is 57.0 Å². The van der Waals surface area contributed by atoms with Crippen LogP contribution in [0, 0.1) is 12.8 Å². The minimum Gasteiger partial charge on any atom is -0.493 e. The number of nitrogens with zero attached hydrogens (tertiary/aromatic N) is 2. The summed E-state index contributed by atoms with van der Waals surface area (Å²) in [5, 5.41) is 6.86. The molecule has 0 amide bonds. The Morgan fingerprint density at radius 2 is 1.94 bits per heavy atom. The molecule has 2 heterocycles. The topological polar surface area (TPSA) is 58.1 Å². The van der Waals surface area contributed by atoms with Crippen molar-refractivity contribution in [1.29, 1.82) is 0 Å². The summed E-state index contributed by atoms with van der Waals surface area (Å²) in [7, 11) is 1.80. The molecule has 0 saturated carbocycles. The van der Waals surface area contributed by atoms with Gasteiger partial charge in [-0.05, 0) is 42.7 Å². The van der Waals surface area contributed by atoms with E-state index in [1.165, 1.54) is 16.8 Å². The van der Waals surface area contributed by atoms with Crippen LogP contribution in [0.5, 0.6) is 5.75 Å². The number of ether oxygens (including phenoxy) is 2. The van der Waals surface area contributed by atoms with Crippen LogP contribution in [0.4, 0.5) is 5.69 Å². The molecule has 178 valence electrons. The first kappa shape index (κ1) is 25.4. The number of aliphatic imine (C=N–C) groups is 1. The number of benzene rings is 2. The Balaban J connectivity index is 0.00000306. The molecular weight excluding hydrogens is 527 g/mol. The van der Waals surface area contributed by atoms with Crippen LogP contribution >= 0.6 is 24.0 Å². The normalized spacial score (nSPS) is 17.7. The molecule has 6 nitrogen and oxygen atoms in total. The smallest absolute Gasteiger partial charge is 0.191 e. The predicted molar refractivity (Wildman–Crippen MR) is 146 cm³/mol. The number of guanidine groups is 1. The van der Waals surface area contributed by atoms with E-state index in [9.17, 15) is 0 Å². The van der Waals surface area contributed by atoms with Crippen LogP contribution in [0.15, 0.2) is 59.6 Å². The molecule has 2 aliphatic heterocycles. The quantitative estimate of drug-likeness (QED) is 0.218. The van der Waals surface area contributed by atoms with Crippen molar-refractivity contribution in [2.75, 3.05) is 44.9 Å².